The maximum Gasteiger partial charge on any atom is 0.0541 e. The molecule has 0 aromatic heterocycles. The van der Waals surface area contributed by atoms with Crippen molar-refractivity contribution in [3.63, 3.8) is 0 Å². The summed E-state index contributed by atoms with van der Waals surface area (Å²) in [5, 5.41) is 33.9. The quantitative estimate of drug-likeness (QED) is 0.707. The largest absolute Gasteiger partial charge is 0.393 e. The first-order valence-electron chi connectivity index (χ1n) is 7.90. The Hall–Kier alpha value is -0.160. The summed E-state index contributed by atoms with van der Waals surface area (Å²) in [4.78, 5) is 0. The molecule has 3 fully saturated rings. The first-order valence-corrected chi connectivity index (χ1v) is 7.90. The van der Waals surface area contributed by atoms with Gasteiger partial charge in [0.15, 0.2) is 0 Å². The molecule has 0 aromatic carbocycles. The molecule has 2 saturated carbocycles. The van der Waals surface area contributed by atoms with E-state index in [1.54, 1.807) is 0 Å². The number of aliphatic hydroxyl groups excluding tert-OH is 2. The monoisotopic (exact) mass is 268 g/mol. The second-order valence-electron chi connectivity index (χ2n) is 7.06. The van der Waals surface area contributed by atoms with Gasteiger partial charge in [-0.1, -0.05) is 0 Å². The van der Waals surface area contributed by atoms with E-state index in [9.17, 15) is 15.4 Å². The number of aliphatic hydroxyl groups is 2. The van der Waals surface area contributed by atoms with E-state index in [1.807, 2.05) is 0 Å². The van der Waals surface area contributed by atoms with Crippen molar-refractivity contribution in [2.45, 2.75) is 93.9 Å². The minimum Gasteiger partial charge on any atom is -0.393 e. The third-order valence-electron chi connectivity index (χ3n) is 5.92. The molecule has 0 unspecified atom stereocenters. The maximum atomic E-state index is 13.0. The SMILES string of the molecule is [O]N1C2(CCCC13CCC(O)CC3)CCC(O)CC2. The lowest BCUT2D eigenvalue weighted by Gasteiger charge is -2.56. The van der Waals surface area contributed by atoms with Crippen LogP contribution in [0.25, 0.3) is 0 Å². The zero-order chi connectivity index (χ0) is 13.5. The lowest BCUT2D eigenvalue weighted by atomic mass is 9.66. The van der Waals surface area contributed by atoms with Crippen LogP contribution in [0.2, 0.25) is 0 Å². The van der Waals surface area contributed by atoms with Crippen molar-refractivity contribution >= 4 is 0 Å². The van der Waals surface area contributed by atoms with Gasteiger partial charge in [0.05, 0.1) is 23.3 Å². The molecule has 3 aliphatic rings. The number of hydrogen-bond donors (Lipinski definition) is 2. The van der Waals surface area contributed by atoms with Crippen LogP contribution in [0.1, 0.15) is 70.6 Å². The van der Waals surface area contributed by atoms with E-state index in [0.717, 1.165) is 70.6 Å². The highest BCUT2D eigenvalue weighted by molar-refractivity contribution is 5.05. The lowest BCUT2D eigenvalue weighted by Crippen LogP contribution is -2.63. The summed E-state index contributed by atoms with van der Waals surface area (Å²) < 4.78 is 0. The maximum absolute atomic E-state index is 13.0. The lowest BCUT2D eigenvalue weighted by molar-refractivity contribution is -0.321. The molecular formula is C15H26NO3. The summed E-state index contributed by atoms with van der Waals surface area (Å²) >= 11 is 0. The van der Waals surface area contributed by atoms with Crippen LogP contribution in [0.5, 0.6) is 0 Å². The summed E-state index contributed by atoms with van der Waals surface area (Å²) in [7, 11) is 0. The summed E-state index contributed by atoms with van der Waals surface area (Å²) in [6.45, 7) is 0. The van der Waals surface area contributed by atoms with Gasteiger partial charge in [0, 0.05) is 0 Å². The number of hydrogen-bond acceptors (Lipinski definition) is 3. The topological polar surface area (TPSA) is 63.6 Å². The van der Waals surface area contributed by atoms with Gasteiger partial charge < -0.3 is 10.2 Å². The molecule has 1 radical (unpaired) electrons. The molecule has 109 valence electrons. The first kappa shape index (κ1) is 13.8. The highest BCUT2D eigenvalue weighted by Crippen LogP contribution is 2.50. The van der Waals surface area contributed by atoms with Crippen LogP contribution in [-0.2, 0) is 5.21 Å². The predicted molar refractivity (Wildman–Crippen MR) is 70.8 cm³/mol. The summed E-state index contributed by atoms with van der Waals surface area (Å²) in [5.41, 5.74) is -0.417. The number of piperidine rings is 1. The van der Waals surface area contributed by atoms with Crippen molar-refractivity contribution in [3.05, 3.63) is 0 Å². The molecule has 1 saturated heterocycles. The fraction of sp³-hybridized carbons (Fsp3) is 1.00. The van der Waals surface area contributed by atoms with Gasteiger partial charge in [0.2, 0.25) is 0 Å². The standard InChI is InChI=1S/C15H26NO3/c17-12-2-8-14(9-3-12)6-1-7-15(16(14)19)10-4-13(18)5-11-15/h12-13,17-18H,1-11H2. The molecule has 0 aromatic rings. The van der Waals surface area contributed by atoms with Gasteiger partial charge >= 0.3 is 0 Å². The van der Waals surface area contributed by atoms with Crippen molar-refractivity contribution in [2.75, 3.05) is 0 Å². The normalized spacial score (nSPS) is 48.8. The summed E-state index contributed by atoms with van der Waals surface area (Å²) in [5.74, 6) is 0. The van der Waals surface area contributed by atoms with Crippen LogP contribution < -0.4 is 0 Å². The Bertz CT molecular complexity index is 287. The molecule has 2 N–H and O–H groups in total. The Morgan fingerprint density at radius 2 is 1.11 bits per heavy atom. The molecule has 4 heteroatoms. The molecule has 0 bridgehead atoms. The van der Waals surface area contributed by atoms with E-state index in [0.29, 0.717) is 0 Å². The van der Waals surface area contributed by atoms with Crippen molar-refractivity contribution in [3.8, 4) is 0 Å². The van der Waals surface area contributed by atoms with Crippen molar-refractivity contribution in [1.82, 2.24) is 5.06 Å². The Morgan fingerprint density at radius 1 is 0.737 bits per heavy atom. The van der Waals surface area contributed by atoms with Crippen molar-refractivity contribution in [1.29, 1.82) is 0 Å². The van der Waals surface area contributed by atoms with E-state index in [2.05, 4.69) is 0 Å². The van der Waals surface area contributed by atoms with E-state index >= 15 is 0 Å². The van der Waals surface area contributed by atoms with Crippen molar-refractivity contribution < 1.29 is 15.4 Å². The van der Waals surface area contributed by atoms with Crippen LogP contribution in [0.15, 0.2) is 0 Å². The van der Waals surface area contributed by atoms with Crippen LogP contribution in [0.3, 0.4) is 0 Å². The van der Waals surface area contributed by atoms with E-state index in [4.69, 9.17) is 0 Å². The Kier molecular flexibility index (Phi) is 3.63. The fourth-order valence-electron chi connectivity index (χ4n) is 4.64. The van der Waals surface area contributed by atoms with Gasteiger partial charge in [-0.05, 0) is 70.6 Å². The third-order valence-corrected chi connectivity index (χ3v) is 5.92. The Balaban J connectivity index is 1.77. The van der Waals surface area contributed by atoms with Gasteiger partial charge in [-0.15, -0.1) is 10.3 Å². The summed E-state index contributed by atoms with van der Waals surface area (Å²) in [6, 6.07) is 0. The Labute approximate surface area is 115 Å². The van der Waals surface area contributed by atoms with Gasteiger partial charge in [0.1, 0.15) is 0 Å². The first-order chi connectivity index (χ1) is 9.06. The highest BCUT2D eigenvalue weighted by Gasteiger charge is 2.53. The molecular weight excluding hydrogens is 242 g/mol. The van der Waals surface area contributed by atoms with Crippen LogP contribution >= 0.6 is 0 Å². The molecule has 2 aliphatic carbocycles. The van der Waals surface area contributed by atoms with Crippen LogP contribution in [0, 0.1) is 0 Å². The van der Waals surface area contributed by atoms with Gasteiger partial charge in [-0.2, -0.15) is 0 Å². The molecule has 4 nitrogen and oxygen atoms in total. The molecule has 2 spiro atoms. The van der Waals surface area contributed by atoms with Crippen LogP contribution in [-0.4, -0.2) is 38.6 Å². The smallest absolute Gasteiger partial charge is 0.0541 e. The number of nitrogens with zero attached hydrogens (tertiary/aromatic N) is 1. The van der Waals surface area contributed by atoms with Crippen molar-refractivity contribution in [2.24, 2.45) is 0 Å². The average molecular weight is 268 g/mol. The average Bonchev–Trinajstić information content (AvgIpc) is 2.42. The minimum atomic E-state index is -0.209. The molecule has 1 aliphatic heterocycles. The minimum absolute atomic E-state index is 0.204. The number of hydroxylamine groups is 2. The highest BCUT2D eigenvalue weighted by atomic mass is 16.5. The molecule has 0 atom stereocenters. The van der Waals surface area contributed by atoms with E-state index < -0.39 is 0 Å². The molecule has 1 heterocycles. The van der Waals surface area contributed by atoms with Gasteiger partial charge in [-0.25, -0.2) is 0 Å². The van der Waals surface area contributed by atoms with Gasteiger partial charge in [-0.3, -0.25) is 0 Å². The zero-order valence-corrected chi connectivity index (χ0v) is 11.7. The second kappa shape index (κ2) is 4.99. The summed E-state index contributed by atoms with van der Waals surface area (Å²) in [6.07, 6.45) is 9.21. The second-order valence-corrected chi connectivity index (χ2v) is 7.06. The predicted octanol–water partition coefficient (Wildman–Crippen LogP) is 2.17. The van der Waals surface area contributed by atoms with Crippen LogP contribution in [0.4, 0.5) is 0 Å². The third kappa shape index (κ3) is 2.33. The fourth-order valence-corrected chi connectivity index (χ4v) is 4.64. The molecule has 19 heavy (non-hydrogen) atoms. The van der Waals surface area contributed by atoms with E-state index in [1.165, 1.54) is 5.06 Å². The number of rotatable bonds is 0. The van der Waals surface area contributed by atoms with E-state index in [-0.39, 0.29) is 23.3 Å². The van der Waals surface area contributed by atoms with Gasteiger partial charge in [0.25, 0.3) is 0 Å². The zero-order valence-electron chi connectivity index (χ0n) is 11.7. The molecule has 3 rings (SSSR count). The molecule has 0 amide bonds. The Morgan fingerprint density at radius 3 is 1.47 bits per heavy atom.